The summed E-state index contributed by atoms with van der Waals surface area (Å²) in [7, 11) is 0. The number of hydrogen-bond donors (Lipinski definition) is 4. The molecule has 0 saturated carbocycles. The summed E-state index contributed by atoms with van der Waals surface area (Å²) in [5, 5.41) is 42.8. The maximum Gasteiger partial charge on any atom is 0.490 e. The molecular weight excluding hydrogens is 449 g/mol. The zero-order valence-corrected chi connectivity index (χ0v) is 17.0. The molecule has 0 saturated heterocycles. The number of benzene rings is 2. The number of aliphatic hydroxyl groups is 1. The number of rotatable bonds is 2. The van der Waals surface area contributed by atoms with Crippen molar-refractivity contribution >= 4 is 17.5 Å². The molecule has 0 aromatic heterocycles. The van der Waals surface area contributed by atoms with Gasteiger partial charge in [-0.3, -0.25) is 9.59 Å². The van der Waals surface area contributed by atoms with E-state index in [0.717, 1.165) is 6.07 Å². The van der Waals surface area contributed by atoms with Crippen molar-refractivity contribution < 1.29 is 52.7 Å². The second-order valence-corrected chi connectivity index (χ2v) is 7.94. The number of fused-ring (bicyclic) bond motifs is 3. The van der Waals surface area contributed by atoms with Crippen LogP contribution in [0, 0.1) is 0 Å². The number of hydrogen-bond acceptors (Lipinski definition) is 8. The minimum Gasteiger partial charge on any atom is -0.507 e. The number of esters is 1. The van der Waals surface area contributed by atoms with Crippen LogP contribution < -0.4 is 0 Å². The number of phenolic OH excluding ortho intramolecular Hbond substituents is 3. The lowest BCUT2D eigenvalue weighted by Gasteiger charge is -2.41. The molecule has 174 valence electrons. The second-order valence-electron chi connectivity index (χ2n) is 7.94. The van der Waals surface area contributed by atoms with Gasteiger partial charge in [-0.2, -0.15) is 13.2 Å². The van der Waals surface area contributed by atoms with Crippen LogP contribution in [0.2, 0.25) is 0 Å². The van der Waals surface area contributed by atoms with E-state index < -0.39 is 74.9 Å². The number of aromatic hydroxyl groups is 3. The monoisotopic (exact) mass is 466 g/mol. The first-order chi connectivity index (χ1) is 15.3. The number of carbonyl (C=O) groups excluding carboxylic acids is 3. The van der Waals surface area contributed by atoms with Crippen molar-refractivity contribution in [1.82, 2.24) is 0 Å². The van der Waals surface area contributed by atoms with Crippen molar-refractivity contribution in [2.24, 2.45) is 0 Å². The molecule has 0 spiro atoms. The molecule has 2 aliphatic carbocycles. The molecule has 4 N–H and O–H groups in total. The number of halogens is 3. The van der Waals surface area contributed by atoms with Crippen molar-refractivity contribution in [2.75, 3.05) is 0 Å². The van der Waals surface area contributed by atoms with E-state index in [-0.39, 0.29) is 30.4 Å². The van der Waals surface area contributed by atoms with Crippen LogP contribution >= 0.6 is 0 Å². The van der Waals surface area contributed by atoms with Gasteiger partial charge in [0.25, 0.3) is 0 Å². The quantitative estimate of drug-likeness (QED) is 0.334. The van der Waals surface area contributed by atoms with Crippen molar-refractivity contribution in [3.05, 3.63) is 51.6 Å². The number of ether oxygens (including phenoxy) is 1. The zero-order valence-electron chi connectivity index (χ0n) is 17.0. The Bertz CT molecular complexity index is 1230. The third kappa shape index (κ3) is 3.14. The molecule has 2 aromatic carbocycles. The Labute approximate surface area is 183 Å². The van der Waals surface area contributed by atoms with E-state index in [1.54, 1.807) is 0 Å². The van der Waals surface area contributed by atoms with Gasteiger partial charge < -0.3 is 25.2 Å². The molecule has 0 bridgehead atoms. The molecule has 0 heterocycles. The highest BCUT2D eigenvalue weighted by atomic mass is 19.4. The van der Waals surface area contributed by atoms with Crippen LogP contribution in [0.25, 0.3) is 0 Å². The van der Waals surface area contributed by atoms with Crippen LogP contribution in [-0.2, 0) is 16.0 Å². The van der Waals surface area contributed by atoms with E-state index >= 15 is 0 Å². The summed E-state index contributed by atoms with van der Waals surface area (Å²) in [5.74, 6) is -6.94. The molecule has 0 amide bonds. The van der Waals surface area contributed by atoms with Crippen LogP contribution in [-0.4, -0.2) is 49.7 Å². The summed E-state index contributed by atoms with van der Waals surface area (Å²) in [4.78, 5) is 37.7. The van der Waals surface area contributed by atoms with Crippen LogP contribution in [0.4, 0.5) is 13.2 Å². The highest BCUT2D eigenvalue weighted by Crippen LogP contribution is 2.53. The molecule has 4 rings (SSSR count). The highest BCUT2D eigenvalue weighted by molar-refractivity contribution is 6.31. The number of phenols is 3. The summed E-state index contributed by atoms with van der Waals surface area (Å²) in [6.45, 7) is 1.42. The lowest BCUT2D eigenvalue weighted by atomic mass is 9.72. The third-order valence-corrected chi connectivity index (χ3v) is 6.18. The highest BCUT2D eigenvalue weighted by Gasteiger charge is 2.52. The van der Waals surface area contributed by atoms with Crippen molar-refractivity contribution in [3.63, 3.8) is 0 Å². The van der Waals surface area contributed by atoms with Crippen LogP contribution in [0.3, 0.4) is 0 Å². The largest absolute Gasteiger partial charge is 0.507 e. The molecule has 2 aromatic rings. The predicted molar refractivity (Wildman–Crippen MR) is 103 cm³/mol. The maximum atomic E-state index is 13.1. The van der Waals surface area contributed by atoms with Crippen molar-refractivity contribution in [3.8, 4) is 17.2 Å². The van der Waals surface area contributed by atoms with Gasteiger partial charge in [0.05, 0.1) is 16.7 Å². The molecule has 0 unspecified atom stereocenters. The lowest BCUT2D eigenvalue weighted by molar-refractivity contribution is -0.218. The van der Waals surface area contributed by atoms with Gasteiger partial charge in [-0.05, 0) is 25.3 Å². The smallest absolute Gasteiger partial charge is 0.490 e. The molecule has 0 aliphatic heterocycles. The van der Waals surface area contributed by atoms with Gasteiger partial charge >= 0.3 is 12.1 Å². The first-order valence-electron chi connectivity index (χ1n) is 9.85. The Hall–Kier alpha value is -3.60. The maximum absolute atomic E-state index is 13.1. The van der Waals surface area contributed by atoms with E-state index in [2.05, 4.69) is 4.74 Å². The fourth-order valence-corrected chi connectivity index (χ4v) is 4.44. The number of carbonyl (C=O) groups is 3. The average molecular weight is 466 g/mol. The first-order valence-corrected chi connectivity index (χ1v) is 9.85. The summed E-state index contributed by atoms with van der Waals surface area (Å²) < 4.78 is 43.3. The number of ketones is 2. The average Bonchev–Trinajstić information content (AvgIpc) is 2.75. The van der Waals surface area contributed by atoms with Gasteiger partial charge in [-0.25, -0.2) is 4.79 Å². The zero-order chi connectivity index (χ0) is 24.5. The summed E-state index contributed by atoms with van der Waals surface area (Å²) in [5.41, 5.74) is -4.92. The Morgan fingerprint density at radius 2 is 1.73 bits per heavy atom. The normalized spacial score (nSPS) is 21.8. The fraction of sp³-hybridized carbons (Fsp3) is 0.318. The Kier molecular flexibility index (Phi) is 4.93. The van der Waals surface area contributed by atoms with Gasteiger partial charge in [-0.15, -0.1) is 0 Å². The molecule has 2 atom stereocenters. The molecule has 2 aliphatic rings. The van der Waals surface area contributed by atoms with Crippen LogP contribution in [0.5, 0.6) is 17.2 Å². The Morgan fingerprint density at radius 3 is 2.33 bits per heavy atom. The molecule has 8 nitrogen and oxygen atoms in total. The minimum atomic E-state index is -5.42. The van der Waals surface area contributed by atoms with Gasteiger partial charge in [0.1, 0.15) is 22.8 Å². The third-order valence-electron chi connectivity index (χ3n) is 6.18. The molecule has 0 radical (unpaired) electrons. The van der Waals surface area contributed by atoms with E-state index in [9.17, 15) is 48.0 Å². The Balaban J connectivity index is 2.00. The van der Waals surface area contributed by atoms with Gasteiger partial charge in [0.2, 0.25) is 5.78 Å². The summed E-state index contributed by atoms with van der Waals surface area (Å²) in [6, 6.07) is 3.61. The molecule has 0 fully saturated rings. The Morgan fingerprint density at radius 1 is 1.09 bits per heavy atom. The van der Waals surface area contributed by atoms with Crippen molar-refractivity contribution in [2.45, 2.75) is 44.1 Å². The van der Waals surface area contributed by atoms with Crippen molar-refractivity contribution in [1.29, 1.82) is 0 Å². The standard InChI is InChI=1S/C22H17F3O8/c1-2-21(32)7-6-9-12(19(21)33-20(31)22(23,24)25)18(30)14-13(16(9)28)17(29)11-8(15(14)27)4-3-5-10(11)26/h3-5,19,26,28,30,32H,2,6-7H2,1H3/t19-,21-/m1/s1. The first kappa shape index (κ1) is 22.6. The summed E-state index contributed by atoms with van der Waals surface area (Å²) >= 11 is 0. The SMILES string of the molecule is CC[C@@]1(O)CCc2c(O)c3c(c(O)c2[C@H]1OC(=O)C(F)(F)F)C(=O)c1cccc(O)c1C3=O. The summed E-state index contributed by atoms with van der Waals surface area (Å²) in [6.07, 6.45) is -8.17. The predicted octanol–water partition coefficient (Wildman–Crippen LogP) is 2.81. The van der Waals surface area contributed by atoms with Crippen LogP contribution in [0.15, 0.2) is 18.2 Å². The topological polar surface area (TPSA) is 141 Å². The number of alkyl halides is 3. The van der Waals surface area contributed by atoms with E-state index in [1.807, 2.05) is 0 Å². The van der Waals surface area contributed by atoms with Gasteiger partial charge in [0, 0.05) is 16.7 Å². The van der Waals surface area contributed by atoms with E-state index in [0.29, 0.717) is 0 Å². The molecule has 11 heteroatoms. The van der Waals surface area contributed by atoms with Crippen LogP contribution in [0.1, 0.15) is 68.8 Å². The molecule has 33 heavy (non-hydrogen) atoms. The van der Waals surface area contributed by atoms with Gasteiger partial charge in [0.15, 0.2) is 11.9 Å². The lowest BCUT2D eigenvalue weighted by Crippen LogP contribution is -2.44. The second kappa shape index (κ2) is 7.20. The van der Waals surface area contributed by atoms with Gasteiger partial charge in [-0.1, -0.05) is 19.1 Å². The minimum absolute atomic E-state index is 0.191. The van der Waals surface area contributed by atoms with E-state index in [4.69, 9.17) is 0 Å². The van der Waals surface area contributed by atoms with E-state index in [1.165, 1.54) is 19.1 Å². The molecular formula is C22H17F3O8. The fourth-order valence-electron chi connectivity index (χ4n) is 4.44.